The fourth-order valence-corrected chi connectivity index (χ4v) is 3.58. The van der Waals surface area contributed by atoms with Gasteiger partial charge in [0.05, 0.1) is 27.8 Å². The minimum atomic E-state index is -0.663. The normalized spacial score (nSPS) is 10.7. The number of ether oxygens (including phenoxy) is 1. The number of amides is 2. The number of halogens is 1. The van der Waals surface area contributed by atoms with Crippen LogP contribution in [0.5, 0.6) is 0 Å². The quantitative estimate of drug-likeness (QED) is 0.646. The largest absolute Gasteiger partial charge is 0.462 e. The maximum absolute atomic E-state index is 12.3. The van der Waals surface area contributed by atoms with Gasteiger partial charge in [-0.05, 0) is 25.8 Å². The van der Waals surface area contributed by atoms with Gasteiger partial charge < -0.3 is 15.8 Å². The third-order valence-electron chi connectivity index (χ3n) is 3.72. The van der Waals surface area contributed by atoms with Gasteiger partial charge in [-0.25, -0.2) is 4.79 Å². The summed E-state index contributed by atoms with van der Waals surface area (Å²) in [6.07, 6.45) is 2.41. The van der Waals surface area contributed by atoms with Crippen LogP contribution in [0.25, 0.3) is 0 Å². The fraction of sp³-hybridized carbons (Fsp3) is 0.412. The Kier molecular flexibility index (Phi) is 6.98. The van der Waals surface area contributed by atoms with E-state index in [0.29, 0.717) is 29.2 Å². The highest BCUT2D eigenvalue weighted by molar-refractivity contribution is 7.18. The van der Waals surface area contributed by atoms with E-state index in [-0.39, 0.29) is 34.4 Å². The van der Waals surface area contributed by atoms with Crippen LogP contribution in [0.2, 0.25) is 5.02 Å². The summed E-state index contributed by atoms with van der Waals surface area (Å²) >= 11 is 6.91. The predicted octanol–water partition coefficient (Wildman–Crippen LogP) is 2.91. The molecular formula is C17H21ClN4O4S. The van der Waals surface area contributed by atoms with Crippen molar-refractivity contribution in [2.24, 2.45) is 5.73 Å². The Hall–Kier alpha value is -2.39. The molecule has 2 amide bonds. The summed E-state index contributed by atoms with van der Waals surface area (Å²) < 4.78 is 6.73. The van der Waals surface area contributed by atoms with Crippen LogP contribution in [0.1, 0.15) is 51.1 Å². The Morgan fingerprint density at radius 1 is 1.37 bits per heavy atom. The number of anilines is 1. The Labute approximate surface area is 165 Å². The second-order valence-corrected chi connectivity index (χ2v) is 7.31. The molecule has 0 aliphatic carbocycles. The van der Waals surface area contributed by atoms with Crippen molar-refractivity contribution in [3.63, 3.8) is 0 Å². The number of hydrogen-bond acceptors (Lipinski definition) is 6. The van der Waals surface area contributed by atoms with E-state index in [2.05, 4.69) is 10.4 Å². The second-order valence-electron chi connectivity index (χ2n) is 5.88. The number of nitrogens with two attached hydrogens (primary N) is 1. The van der Waals surface area contributed by atoms with E-state index < -0.39 is 11.9 Å². The average molecular weight is 413 g/mol. The third-order valence-corrected chi connectivity index (χ3v) is 5.31. The maximum atomic E-state index is 12.3. The zero-order chi connectivity index (χ0) is 20.1. The number of esters is 1. The molecule has 0 fully saturated rings. The van der Waals surface area contributed by atoms with Crippen LogP contribution in [-0.2, 0) is 16.1 Å². The van der Waals surface area contributed by atoms with E-state index in [1.54, 1.807) is 24.7 Å². The minimum absolute atomic E-state index is 0.115. The van der Waals surface area contributed by atoms with Gasteiger partial charge in [0.15, 0.2) is 0 Å². The van der Waals surface area contributed by atoms with Crippen molar-refractivity contribution in [3.8, 4) is 0 Å². The summed E-state index contributed by atoms with van der Waals surface area (Å²) in [5.74, 6) is -1.59. The second kappa shape index (κ2) is 9.01. The molecule has 0 aliphatic rings. The Bertz CT molecular complexity index is 855. The van der Waals surface area contributed by atoms with E-state index in [9.17, 15) is 14.4 Å². The highest BCUT2D eigenvalue weighted by Gasteiger charge is 2.25. The number of aryl methyl sites for hydroxylation is 2. The first-order valence-corrected chi connectivity index (χ1v) is 9.53. The lowest BCUT2D eigenvalue weighted by Gasteiger charge is -2.08. The van der Waals surface area contributed by atoms with Crippen molar-refractivity contribution in [2.75, 3.05) is 11.9 Å². The molecule has 2 rings (SSSR count). The number of hydrogen-bond donors (Lipinski definition) is 2. The number of carbonyl (C=O) groups excluding carboxylic acids is 3. The molecule has 0 saturated heterocycles. The highest BCUT2D eigenvalue weighted by Crippen LogP contribution is 2.33. The fourth-order valence-electron chi connectivity index (χ4n) is 2.36. The molecule has 27 heavy (non-hydrogen) atoms. The zero-order valence-electron chi connectivity index (χ0n) is 15.3. The molecule has 0 unspecified atom stereocenters. The average Bonchev–Trinajstić information content (AvgIpc) is 3.10. The molecule has 10 heteroatoms. The summed E-state index contributed by atoms with van der Waals surface area (Å²) in [6.45, 7) is 5.81. The molecule has 0 radical (unpaired) electrons. The molecule has 146 valence electrons. The van der Waals surface area contributed by atoms with Gasteiger partial charge in [-0.1, -0.05) is 18.5 Å². The first kappa shape index (κ1) is 20.9. The van der Waals surface area contributed by atoms with E-state index in [0.717, 1.165) is 11.3 Å². The maximum Gasteiger partial charge on any atom is 0.341 e. The van der Waals surface area contributed by atoms with Crippen LogP contribution in [0.3, 0.4) is 0 Å². The molecule has 0 atom stereocenters. The van der Waals surface area contributed by atoms with Crippen molar-refractivity contribution in [3.05, 3.63) is 32.9 Å². The number of nitrogens with zero attached hydrogens (tertiary/aromatic N) is 2. The van der Waals surface area contributed by atoms with Gasteiger partial charge in [0.25, 0.3) is 5.91 Å². The number of thiophene rings is 1. The lowest BCUT2D eigenvalue weighted by Crippen LogP contribution is -2.17. The number of primary amides is 1. The van der Waals surface area contributed by atoms with E-state index in [1.165, 1.54) is 0 Å². The van der Waals surface area contributed by atoms with Gasteiger partial charge >= 0.3 is 5.97 Å². The highest BCUT2D eigenvalue weighted by atomic mass is 35.5. The van der Waals surface area contributed by atoms with Crippen molar-refractivity contribution in [1.82, 2.24) is 9.78 Å². The first-order valence-electron chi connectivity index (χ1n) is 8.34. The van der Waals surface area contributed by atoms with Gasteiger partial charge in [-0.3, -0.25) is 14.3 Å². The van der Waals surface area contributed by atoms with Gasteiger partial charge in [-0.2, -0.15) is 5.10 Å². The number of rotatable bonds is 8. The lowest BCUT2D eigenvalue weighted by molar-refractivity contribution is -0.116. The Morgan fingerprint density at radius 2 is 2.07 bits per heavy atom. The predicted molar refractivity (Wildman–Crippen MR) is 103 cm³/mol. The summed E-state index contributed by atoms with van der Waals surface area (Å²) in [5, 5.41) is 7.63. The minimum Gasteiger partial charge on any atom is -0.462 e. The Morgan fingerprint density at radius 3 is 2.63 bits per heavy atom. The molecular weight excluding hydrogens is 392 g/mol. The molecule has 2 aromatic heterocycles. The summed E-state index contributed by atoms with van der Waals surface area (Å²) in [5.41, 5.74) is 6.60. The summed E-state index contributed by atoms with van der Waals surface area (Å²) in [6, 6.07) is 0. The molecule has 2 aromatic rings. The molecule has 0 spiro atoms. The van der Waals surface area contributed by atoms with E-state index in [4.69, 9.17) is 22.1 Å². The molecule has 0 saturated carbocycles. The van der Waals surface area contributed by atoms with Crippen molar-refractivity contribution in [1.29, 1.82) is 0 Å². The number of carbonyl (C=O) groups is 3. The van der Waals surface area contributed by atoms with Crippen LogP contribution < -0.4 is 11.1 Å². The molecule has 8 nitrogen and oxygen atoms in total. The molecule has 3 N–H and O–H groups in total. The van der Waals surface area contributed by atoms with Crippen LogP contribution in [0.4, 0.5) is 5.00 Å². The number of aromatic nitrogens is 2. The van der Waals surface area contributed by atoms with Gasteiger partial charge in [0.1, 0.15) is 5.00 Å². The molecule has 0 bridgehead atoms. The smallest absolute Gasteiger partial charge is 0.341 e. The zero-order valence-corrected chi connectivity index (χ0v) is 16.9. The monoisotopic (exact) mass is 412 g/mol. The summed E-state index contributed by atoms with van der Waals surface area (Å²) in [7, 11) is 0. The first-order chi connectivity index (χ1) is 12.7. The SMILES string of the molecule is CCCOC(=O)c1c(NC(=O)CCn2cc(Cl)c(C)n2)sc(C(N)=O)c1C. The van der Waals surface area contributed by atoms with E-state index >= 15 is 0 Å². The topological polar surface area (TPSA) is 116 Å². The Balaban J connectivity index is 2.15. The van der Waals surface area contributed by atoms with Crippen LogP contribution in [-0.4, -0.2) is 34.2 Å². The molecule has 0 aromatic carbocycles. The number of nitrogens with one attached hydrogen (secondary N) is 1. The van der Waals surface area contributed by atoms with Crippen LogP contribution in [0.15, 0.2) is 6.20 Å². The molecule has 0 aliphatic heterocycles. The molecule has 2 heterocycles. The van der Waals surface area contributed by atoms with Crippen molar-refractivity contribution < 1.29 is 19.1 Å². The van der Waals surface area contributed by atoms with Crippen molar-refractivity contribution in [2.45, 2.75) is 40.2 Å². The van der Waals surface area contributed by atoms with Gasteiger partial charge in [0, 0.05) is 19.2 Å². The van der Waals surface area contributed by atoms with E-state index in [1.807, 2.05) is 6.92 Å². The van der Waals surface area contributed by atoms with Crippen LogP contribution >= 0.6 is 22.9 Å². The summed E-state index contributed by atoms with van der Waals surface area (Å²) in [4.78, 5) is 36.5. The lowest BCUT2D eigenvalue weighted by atomic mass is 10.1. The van der Waals surface area contributed by atoms with Crippen molar-refractivity contribution >= 4 is 45.7 Å². The van der Waals surface area contributed by atoms with Crippen LogP contribution in [0, 0.1) is 13.8 Å². The van der Waals surface area contributed by atoms with Gasteiger partial charge in [-0.15, -0.1) is 11.3 Å². The standard InChI is InChI=1S/C17H21ClN4O4S/c1-4-7-26-17(25)13-9(2)14(15(19)24)27-16(13)20-12(23)5-6-22-8-11(18)10(3)21-22/h8H,4-7H2,1-3H3,(H2,19,24)(H,20,23). The van der Waals surface area contributed by atoms with Gasteiger partial charge in [0.2, 0.25) is 5.91 Å². The third kappa shape index (κ3) is 5.08.